The third-order valence-corrected chi connectivity index (χ3v) is 7.89. The number of aromatic nitrogens is 1. The first-order valence-electron chi connectivity index (χ1n) is 10.6. The minimum absolute atomic E-state index is 0.0295. The largest absolute Gasteiger partial charge is 0.366 e. The number of pyridine rings is 1. The molecule has 30 heavy (non-hydrogen) atoms. The standard InChI is InChI=1S/C21H28N4O4S/c1-30(28)16-3-2-15(22-9-16)6-14-7-21(8-14)12-25(13-21)20(27)24-5-4-18-17(10-24)23-19(26)11-29-18/h2-3,9,14,17-18H,4-8,10-13H2,1H3,(H,23,26)/t17-,18+,30?/m1/s1. The fraction of sp³-hybridized carbons (Fsp3) is 0.667. The molecular formula is C21H28N4O4S. The molecule has 1 aromatic rings. The highest BCUT2D eigenvalue weighted by Gasteiger charge is 2.54. The normalized spacial score (nSPS) is 28.9. The molecule has 3 amide bonds. The van der Waals surface area contributed by atoms with E-state index in [0.717, 1.165) is 49.4 Å². The van der Waals surface area contributed by atoms with Crippen LogP contribution in [0, 0.1) is 11.3 Å². The summed E-state index contributed by atoms with van der Waals surface area (Å²) in [6.45, 7) is 3.01. The van der Waals surface area contributed by atoms with Gasteiger partial charge in [-0.25, -0.2) is 4.79 Å². The number of fused-ring (bicyclic) bond motifs is 1. The summed E-state index contributed by atoms with van der Waals surface area (Å²) >= 11 is 0. The van der Waals surface area contributed by atoms with Gasteiger partial charge in [-0.2, -0.15) is 0 Å². The molecule has 4 fully saturated rings. The maximum Gasteiger partial charge on any atom is 0.320 e. The van der Waals surface area contributed by atoms with Crippen LogP contribution < -0.4 is 5.32 Å². The fourth-order valence-electron chi connectivity index (χ4n) is 5.54. The highest BCUT2D eigenvalue weighted by atomic mass is 32.2. The van der Waals surface area contributed by atoms with Crippen molar-refractivity contribution in [2.75, 3.05) is 39.0 Å². The molecule has 1 aromatic heterocycles. The van der Waals surface area contributed by atoms with Crippen LogP contribution in [0.4, 0.5) is 4.79 Å². The summed E-state index contributed by atoms with van der Waals surface area (Å²) in [5.74, 6) is 0.513. The van der Waals surface area contributed by atoms with E-state index in [4.69, 9.17) is 4.74 Å². The molecule has 1 unspecified atom stereocenters. The van der Waals surface area contributed by atoms with Crippen molar-refractivity contribution in [3.05, 3.63) is 24.0 Å². The lowest BCUT2D eigenvalue weighted by Gasteiger charge is -2.60. The first-order valence-corrected chi connectivity index (χ1v) is 12.2. The van der Waals surface area contributed by atoms with Gasteiger partial charge in [0.05, 0.1) is 27.8 Å². The van der Waals surface area contributed by atoms with Gasteiger partial charge < -0.3 is 19.9 Å². The predicted octanol–water partition coefficient (Wildman–Crippen LogP) is 0.783. The van der Waals surface area contributed by atoms with Gasteiger partial charge in [0.1, 0.15) is 6.61 Å². The van der Waals surface area contributed by atoms with Crippen LogP contribution in [0.25, 0.3) is 0 Å². The van der Waals surface area contributed by atoms with Crippen LogP contribution in [-0.2, 0) is 26.8 Å². The summed E-state index contributed by atoms with van der Waals surface area (Å²) in [5.41, 5.74) is 1.34. The molecule has 3 atom stereocenters. The van der Waals surface area contributed by atoms with Crippen molar-refractivity contribution in [2.24, 2.45) is 11.3 Å². The lowest BCUT2D eigenvalue weighted by molar-refractivity contribution is -0.140. The van der Waals surface area contributed by atoms with Crippen LogP contribution >= 0.6 is 0 Å². The van der Waals surface area contributed by atoms with Gasteiger partial charge >= 0.3 is 6.03 Å². The molecule has 1 aliphatic carbocycles. The minimum Gasteiger partial charge on any atom is -0.366 e. The number of urea groups is 1. The van der Waals surface area contributed by atoms with Crippen molar-refractivity contribution in [3.63, 3.8) is 0 Å². The Balaban J connectivity index is 1.08. The van der Waals surface area contributed by atoms with Gasteiger partial charge in [-0.05, 0) is 43.7 Å². The van der Waals surface area contributed by atoms with Crippen molar-refractivity contribution >= 4 is 22.7 Å². The van der Waals surface area contributed by atoms with E-state index in [0.29, 0.717) is 19.0 Å². The predicted molar refractivity (Wildman–Crippen MR) is 110 cm³/mol. The van der Waals surface area contributed by atoms with Gasteiger partial charge in [0.2, 0.25) is 5.91 Å². The monoisotopic (exact) mass is 432 g/mol. The molecule has 1 N–H and O–H groups in total. The second-order valence-electron chi connectivity index (χ2n) is 9.31. The van der Waals surface area contributed by atoms with Crippen molar-refractivity contribution in [2.45, 2.75) is 42.7 Å². The van der Waals surface area contributed by atoms with Crippen molar-refractivity contribution < 1.29 is 18.5 Å². The van der Waals surface area contributed by atoms with E-state index < -0.39 is 10.8 Å². The SMILES string of the molecule is CS(=O)c1ccc(CC2CC3(C2)CN(C(=O)N2CC[C@@H]4OCC(=O)N[C@@H]4C2)C3)nc1. The molecule has 162 valence electrons. The van der Waals surface area contributed by atoms with E-state index in [1.54, 1.807) is 12.5 Å². The van der Waals surface area contributed by atoms with Gasteiger partial charge in [0.25, 0.3) is 0 Å². The van der Waals surface area contributed by atoms with Crippen LogP contribution in [0.1, 0.15) is 25.0 Å². The van der Waals surface area contributed by atoms with E-state index >= 15 is 0 Å². The summed E-state index contributed by atoms with van der Waals surface area (Å²) in [5, 5.41) is 2.96. The number of amides is 3. The number of likely N-dealkylation sites (tertiary alicyclic amines) is 2. The van der Waals surface area contributed by atoms with Gasteiger partial charge in [0.15, 0.2) is 0 Å². The van der Waals surface area contributed by atoms with Crippen LogP contribution in [0.2, 0.25) is 0 Å². The molecule has 3 saturated heterocycles. The molecule has 4 aliphatic rings. The number of piperidine rings is 1. The van der Waals surface area contributed by atoms with E-state index in [1.165, 1.54) is 0 Å². The molecule has 1 saturated carbocycles. The zero-order valence-electron chi connectivity index (χ0n) is 17.2. The highest BCUT2D eigenvalue weighted by Crippen LogP contribution is 2.53. The Morgan fingerprint density at radius 2 is 2.13 bits per heavy atom. The van der Waals surface area contributed by atoms with Gasteiger partial charge in [-0.3, -0.25) is 14.0 Å². The number of rotatable bonds is 3. The number of hydrogen-bond acceptors (Lipinski definition) is 5. The maximum atomic E-state index is 12.9. The second-order valence-corrected chi connectivity index (χ2v) is 10.7. The number of ether oxygens (including phenoxy) is 1. The zero-order valence-corrected chi connectivity index (χ0v) is 18.0. The number of carbonyl (C=O) groups excluding carboxylic acids is 2. The van der Waals surface area contributed by atoms with Crippen LogP contribution in [-0.4, -0.2) is 82.1 Å². The van der Waals surface area contributed by atoms with E-state index in [9.17, 15) is 13.8 Å². The molecule has 5 rings (SSSR count). The highest BCUT2D eigenvalue weighted by molar-refractivity contribution is 7.84. The van der Waals surface area contributed by atoms with E-state index in [2.05, 4.69) is 10.3 Å². The van der Waals surface area contributed by atoms with E-state index in [1.807, 2.05) is 21.9 Å². The molecular weight excluding hydrogens is 404 g/mol. The third-order valence-electron chi connectivity index (χ3n) is 6.99. The van der Waals surface area contributed by atoms with Crippen LogP contribution in [0.5, 0.6) is 0 Å². The topological polar surface area (TPSA) is 91.8 Å². The lowest BCUT2D eigenvalue weighted by Crippen LogP contribution is -2.68. The summed E-state index contributed by atoms with van der Waals surface area (Å²) in [6.07, 6.45) is 7.39. The zero-order chi connectivity index (χ0) is 20.9. The number of hydrogen-bond donors (Lipinski definition) is 1. The molecule has 0 radical (unpaired) electrons. The Morgan fingerprint density at radius 1 is 1.33 bits per heavy atom. The molecule has 0 bridgehead atoms. The quantitative estimate of drug-likeness (QED) is 0.762. The Hall–Kier alpha value is -2.00. The van der Waals surface area contributed by atoms with Crippen molar-refractivity contribution in [1.29, 1.82) is 0 Å². The first kappa shape index (κ1) is 19.9. The molecule has 3 aliphatic heterocycles. The Morgan fingerprint density at radius 3 is 2.83 bits per heavy atom. The smallest absolute Gasteiger partial charge is 0.320 e. The minimum atomic E-state index is -0.989. The second kappa shape index (κ2) is 7.60. The summed E-state index contributed by atoms with van der Waals surface area (Å²) < 4.78 is 17.1. The number of carbonyl (C=O) groups is 2. The van der Waals surface area contributed by atoms with Gasteiger partial charge in [-0.15, -0.1) is 0 Å². The molecule has 1 spiro atoms. The molecule has 9 heteroatoms. The number of morpholine rings is 1. The Labute approximate surface area is 178 Å². The summed E-state index contributed by atoms with van der Waals surface area (Å²) in [4.78, 5) is 33.5. The van der Waals surface area contributed by atoms with Crippen LogP contribution in [0.3, 0.4) is 0 Å². The van der Waals surface area contributed by atoms with Crippen molar-refractivity contribution in [1.82, 2.24) is 20.1 Å². The van der Waals surface area contributed by atoms with E-state index in [-0.39, 0.29) is 36.1 Å². The average molecular weight is 433 g/mol. The Bertz CT molecular complexity index is 862. The number of nitrogens with zero attached hydrogens (tertiary/aromatic N) is 3. The molecule has 8 nitrogen and oxygen atoms in total. The molecule has 0 aromatic carbocycles. The van der Waals surface area contributed by atoms with Gasteiger partial charge in [-0.1, -0.05) is 0 Å². The maximum absolute atomic E-state index is 12.9. The average Bonchev–Trinajstić information content (AvgIpc) is 2.68. The Kier molecular flexibility index (Phi) is 5.05. The van der Waals surface area contributed by atoms with Crippen molar-refractivity contribution in [3.8, 4) is 0 Å². The van der Waals surface area contributed by atoms with Gasteiger partial charge in [0, 0.05) is 49.7 Å². The van der Waals surface area contributed by atoms with Crippen LogP contribution in [0.15, 0.2) is 23.2 Å². The summed E-state index contributed by atoms with van der Waals surface area (Å²) in [7, 11) is -0.989. The molecule has 4 heterocycles. The fourth-order valence-corrected chi connectivity index (χ4v) is 6.00. The first-order chi connectivity index (χ1) is 14.4. The summed E-state index contributed by atoms with van der Waals surface area (Å²) in [6, 6.07) is 3.89. The number of nitrogens with one attached hydrogen (secondary N) is 1. The third kappa shape index (κ3) is 3.73. The lowest BCUT2D eigenvalue weighted by atomic mass is 9.57.